The minimum absolute atomic E-state index is 0.123. The normalized spacial score (nSPS) is 20.4. The van der Waals surface area contributed by atoms with Crippen LogP contribution in [0.2, 0.25) is 0 Å². The molecule has 6 aromatic rings. The van der Waals surface area contributed by atoms with Crippen LogP contribution < -0.4 is 0 Å². The molecule has 0 amide bonds. The van der Waals surface area contributed by atoms with Gasteiger partial charge in [0.2, 0.25) is 0 Å². The van der Waals surface area contributed by atoms with Crippen molar-refractivity contribution >= 4 is 34.6 Å². The second-order valence-electron chi connectivity index (χ2n) is 14.8. The second-order valence-corrected chi connectivity index (χ2v) is 14.8. The average molecular weight is 881 g/mol. The van der Waals surface area contributed by atoms with Crippen LogP contribution in [0.15, 0.2) is 178 Å². The van der Waals surface area contributed by atoms with E-state index in [1.54, 1.807) is 0 Å². The van der Waals surface area contributed by atoms with Crippen LogP contribution in [0.1, 0.15) is 47.2 Å². The highest BCUT2D eigenvalue weighted by molar-refractivity contribution is 6.14. The monoisotopic (exact) mass is 880 g/mol. The molecule has 0 bridgehead atoms. The highest BCUT2D eigenvalue weighted by Crippen LogP contribution is 2.44. The first-order valence-electron chi connectivity index (χ1n) is 20.1. The van der Waals surface area contributed by atoms with E-state index in [0.717, 1.165) is 46.5 Å². The second kappa shape index (κ2) is 19.6. The number of aliphatic imine (C=N–C) groups is 4. The molecular weight excluding hydrogens is 841 g/mol. The van der Waals surface area contributed by atoms with Gasteiger partial charge in [0.1, 0.15) is 24.8 Å². The molecule has 6 aromatic carbocycles. The Labute approximate surface area is 364 Å². The fourth-order valence-corrected chi connectivity index (χ4v) is 7.44. The maximum atomic E-state index is 14.8. The van der Waals surface area contributed by atoms with E-state index >= 15 is 0 Å². The summed E-state index contributed by atoms with van der Waals surface area (Å²) in [6, 6.07) is 44.2. The van der Waals surface area contributed by atoms with Crippen molar-refractivity contribution in [1.29, 1.82) is 0 Å². The molecule has 2 aliphatic heterocycles. The van der Waals surface area contributed by atoms with Gasteiger partial charge in [0.05, 0.1) is 22.8 Å². The van der Waals surface area contributed by atoms with Crippen molar-refractivity contribution < 1.29 is 44.6 Å². The van der Waals surface area contributed by atoms with Gasteiger partial charge in [0, 0.05) is 47.2 Å². The molecule has 64 heavy (non-hydrogen) atoms. The van der Waals surface area contributed by atoms with Crippen LogP contribution in [0.25, 0.3) is 0 Å². The molecule has 0 N–H and O–H groups in total. The fraction of sp³-hybridized carbons (Fsp3) is 0.200. The van der Waals surface area contributed by atoms with Gasteiger partial charge in [-0.2, -0.15) is 0 Å². The Bertz CT molecular complexity index is 2400. The Morgan fingerprint density at radius 1 is 0.500 bits per heavy atom. The Morgan fingerprint density at radius 3 is 1.08 bits per heavy atom. The molecule has 6 nitrogen and oxygen atoms in total. The Hall–Kier alpha value is -6.96. The smallest absolute Gasteiger partial charge is 0.270 e. The van der Waals surface area contributed by atoms with Crippen LogP contribution in [0.4, 0.5) is 46.5 Å². The molecule has 0 saturated carbocycles. The van der Waals surface area contributed by atoms with Crippen LogP contribution in [-0.4, -0.2) is 61.6 Å². The van der Waals surface area contributed by atoms with Crippen molar-refractivity contribution in [3.05, 3.63) is 203 Å². The maximum Gasteiger partial charge on any atom is 0.270 e. The summed E-state index contributed by atoms with van der Waals surface area (Å²) in [7, 11) is 0. The van der Waals surface area contributed by atoms with Gasteiger partial charge >= 0.3 is 0 Å². The number of hydrogen-bond acceptors (Lipinski definition) is 6. The van der Waals surface area contributed by atoms with E-state index in [9.17, 15) is 35.1 Å². The molecular formula is C50H40F8N4O2. The van der Waals surface area contributed by atoms with Gasteiger partial charge in [0.15, 0.2) is 35.2 Å². The lowest BCUT2D eigenvalue weighted by atomic mass is 9.84. The van der Waals surface area contributed by atoms with E-state index in [2.05, 4.69) is 20.0 Å². The zero-order valence-electron chi connectivity index (χ0n) is 34.4. The van der Waals surface area contributed by atoms with Crippen molar-refractivity contribution in [2.45, 2.75) is 50.1 Å². The number of benzene rings is 6. The number of halogens is 8. The zero-order valence-corrected chi connectivity index (χ0v) is 34.4. The molecule has 2 aliphatic rings. The minimum atomic E-state index is -3.28. The fourth-order valence-electron chi connectivity index (χ4n) is 7.44. The summed E-state index contributed by atoms with van der Waals surface area (Å²) >= 11 is 0. The van der Waals surface area contributed by atoms with Gasteiger partial charge in [-0.15, -0.1) is 0 Å². The first kappa shape index (κ1) is 45.1. The molecule has 0 aromatic heterocycles. The largest absolute Gasteiger partial charge is 0.478 e. The standard InChI is InChI=1S/2C25H20F4N2O/c2*1-16-31-25(24(28)29,22(27)15-32-16)20-14-19(12-13-21(20)26)30-23(17-8-4-2-5-9-17)18-10-6-3-7-11-18/h2*2-14,22,24H,15H2,1H3/t22-,25+;22-,25-/m01/s1. The molecule has 2 heterocycles. The Kier molecular flexibility index (Phi) is 13.8. The number of rotatable bonds is 10. The Balaban J connectivity index is 0.000000191. The third-order valence-corrected chi connectivity index (χ3v) is 10.6. The summed E-state index contributed by atoms with van der Waals surface area (Å²) < 4.78 is 126. The van der Waals surface area contributed by atoms with Gasteiger partial charge < -0.3 is 9.47 Å². The number of hydrogen-bond donors (Lipinski definition) is 0. The summed E-state index contributed by atoms with van der Waals surface area (Å²) in [4.78, 5) is 16.8. The molecule has 4 atom stereocenters. The van der Waals surface area contributed by atoms with E-state index in [-0.39, 0.29) is 23.2 Å². The van der Waals surface area contributed by atoms with Crippen molar-refractivity contribution in [3.8, 4) is 0 Å². The highest BCUT2D eigenvalue weighted by Gasteiger charge is 2.55. The summed E-state index contributed by atoms with van der Waals surface area (Å²) in [6.07, 6.45) is -11.0. The van der Waals surface area contributed by atoms with Crippen LogP contribution in [0.5, 0.6) is 0 Å². The number of alkyl halides is 6. The molecule has 0 saturated heterocycles. The van der Waals surface area contributed by atoms with Crippen LogP contribution in [-0.2, 0) is 20.6 Å². The average Bonchev–Trinajstić information content (AvgIpc) is 3.31. The predicted molar refractivity (Wildman–Crippen MR) is 232 cm³/mol. The quantitative estimate of drug-likeness (QED) is 0.102. The van der Waals surface area contributed by atoms with Crippen molar-refractivity contribution in [1.82, 2.24) is 0 Å². The van der Waals surface area contributed by atoms with E-state index in [1.807, 2.05) is 121 Å². The molecule has 0 radical (unpaired) electrons. The third kappa shape index (κ3) is 9.36. The minimum Gasteiger partial charge on any atom is -0.478 e. The first-order valence-corrected chi connectivity index (χ1v) is 20.1. The van der Waals surface area contributed by atoms with Gasteiger partial charge in [-0.3, -0.25) is 0 Å². The molecule has 0 aliphatic carbocycles. The van der Waals surface area contributed by atoms with Crippen LogP contribution >= 0.6 is 0 Å². The van der Waals surface area contributed by atoms with E-state index < -0.39 is 72.2 Å². The molecule has 0 unspecified atom stereocenters. The van der Waals surface area contributed by atoms with Gasteiger partial charge in [-0.05, 0) is 36.4 Å². The van der Waals surface area contributed by atoms with Crippen LogP contribution in [0.3, 0.4) is 0 Å². The van der Waals surface area contributed by atoms with Crippen molar-refractivity contribution in [3.63, 3.8) is 0 Å². The van der Waals surface area contributed by atoms with Gasteiger partial charge in [-0.25, -0.2) is 55.1 Å². The molecule has 328 valence electrons. The summed E-state index contributed by atoms with van der Waals surface area (Å²) in [5, 5.41) is 0. The van der Waals surface area contributed by atoms with E-state index in [1.165, 1.54) is 26.0 Å². The van der Waals surface area contributed by atoms with Crippen LogP contribution in [0, 0.1) is 11.6 Å². The SMILES string of the molecule is CC1=N[C@@](c2cc(N=C(c3ccccc3)c3ccccc3)ccc2F)(C(F)F)[C@@H](F)CO1.CC1=N[C@@](c2cc(N=C(c3ccccc3)c3ccccc3)ccc2F)(C(F)F)[C@H](F)CO1. The van der Waals surface area contributed by atoms with E-state index in [4.69, 9.17) is 9.47 Å². The topological polar surface area (TPSA) is 67.9 Å². The zero-order chi connectivity index (χ0) is 45.4. The Morgan fingerprint density at radius 2 is 0.797 bits per heavy atom. The van der Waals surface area contributed by atoms with Gasteiger partial charge in [0.25, 0.3) is 12.9 Å². The lowest BCUT2D eigenvalue weighted by Crippen LogP contribution is -2.48. The molecule has 14 heteroatoms. The summed E-state index contributed by atoms with van der Waals surface area (Å²) in [5.41, 5.74) is -1.80. The van der Waals surface area contributed by atoms with E-state index in [0.29, 0.717) is 11.4 Å². The molecule has 0 fully saturated rings. The third-order valence-electron chi connectivity index (χ3n) is 10.6. The van der Waals surface area contributed by atoms with Gasteiger partial charge in [-0.1, -0.05) is 121 Å². The number of nitrogens with zero attached hydrogens (tertiary/aromatic N) is 4. The summed E-state index contributed by atoms with van der Waals surface area (Å²) in [5.74, 6) is -2.21. The highest BCUT2D eigenvalue weighted by atomic mass is 19.3. The van der Waals surface area contributed by atoms with Crippen molar-refractivity contribution in [2.24, 2.45) is 20.0 Å². The maximum absolute atomic E-state index is 14.8. The predicted octanol–water partition coefficient (Wildman–Crippen LogP) is 12.5. The lowest BCUT2D eigenvalue weighted by molar-refractivity contribution is -0.0300. The number of ether oxygens (including phenoxy) is 2. The van der Waals surface area contributed by atoms with Crippen molar-refractivity contribution in [2.75, 3.05) is 13.2 Å². The molecule has 0 spiro atoms. The summed E-state index contributed by atoms with van der Waals surface area (Å²) in [6.45, 7) is 1.41. The first-order chi connectivity index (χ1) is 30.8. The molecule has 8 rings (SSSR count). The lowest BCUT2D eigenvalue weighted by Gasteiger charge is -2.36.